The topological polar surface area (TPSA) is 0 Å². The summed E-state index contributed by atoms with van der Waals surface area (Å²) in [6.45, 7) is 5.00. The van der Waals surface area contributed by atoms with Crippen molar-refractivity contribution in [3.8, 4) is 0 Å². The predicted octanol–water partition coefficient (Wildman–Crippen LogP) is 5.05. The van der Waals surface area contributed by atoms with Gasteiger partial charge >= 0.3 is 0 Å². The zero-order valence-electron chi connectivity index (χ0n) is 11.3. The Labute approximate surface area is 153 Å². The van der Waals surface area contributed by atoms with E-state index < -0.39 is 0 Å². The summed E-state index contributed by atoms with van der Waals surface area (Å²) in [6, 6.07) is 30.0. The Bertz CT molecular complexity index is 244. The maximum atomic E-state index is 3.25. The summed E-state index contributed by atoms with van der Waals surface area (Å²) in [5, 5.41) is 0. The van der Waals surface area contributed by atoms with E-state index in [9.17, 15) is 0 Å². The van der Waals surface area contributed by atoms with Crippen molar-refractivity contribution >= 4 is 0 Å². The van der Waals surface area contributed by atoms with Crippen LogP contribution < -0.4 is 0 Å². The van der Waals surface area contributed by atoms with Gasteiger partial charge < -0.3 is 37.3 Å². The first-order valence-corrected chi connectivity index (χ1v) is 5.71. The summed E-state index contributed by atoms with van der Waals surface area (Å²) in [6.07, 6.45) is 0. The molecule has 0 N–H and O–H groups in total. The van der Waals surface area contributed by atoms with Crippen LogP contribution >= 0.6 is 0 Å². The van der Waals surface area contributed by atoms with Crippen molar-refractivity contribution in [3.05, 3.63) is 97.9 Å². The van der Waals surface area contributed by atoms with Crippen molar-refractivity contribution in [1.29, 1.82) is 0 Å². The van der Waals surface area contributed by atoms with E-state index in [0.29, 0.717) is 0 Å². The second-order valence-corrected chi connectivity index (χ2v) is 2.89. The first kappa shape index (κ1) is 27.8. The van der Waals surface area contributed by atoms with Crippen LogP contribution in [0.1, 0.15) is 6.92 Å². The minimum atomic E-state index is 0. The minimum Gasteiger partial charge on any atom is -0.748 e. The largest absolute Gasteiger partial charge is 0.748 e. The number of hydrogen-bond donors (Lipinski definition) is 0. The summed E-state index contributed by atoms with van der Waals surface area (Å²) >= 11 is 0. The van der Waals surface area contributed by atoms with Gasteiger partial charge in [0.1, 0.15) is 0 Å². The second kappa shape index (κ2) is 27.0. The molecule has 0 saturated carbocycles. The summed E-state index contributed by atoms with van der Waals surface area (Å²) in [4.78, 5) is 0. The van der Waals surface area contributed by atoms with Crippen molar-refractivity contribution in [1.82, 2.24) is 0 Å². The monoisotopic (exact) mass is 398 g/mol. The smallest absolute Gasteiger partial charge is 0 e. The van der Waals surface area contributed by atoms with Crippen LogP contribution in [0.5, 0.6) is 0 Å². The van der Waals surface area contributed by atoms with Crippen LogP contribution in [0.3, 0.4) is 0 Å². The van der Waals surface area contributed by atoms with E-state index in [1.165, 1.54) is 0 Å². The number of rotatable bonds is 0. The molecule has 0 amide bonds. The van der Waals surface area contributed by atoms with Crippen molar-refractivity contribution in [2.45, 2.75) is 6.92 Å². The van der Waals surface area contributed by atoms with Gasteiger partial charge in [-0.2, -0.15) is 43.3 Å². The Morgan fingerprint density at radius 1 is 0.500 bits per heavy atom. The van der Waals surface area contributed by atoms with Gasteiger partial charge in [0, 0.05) is 49.5 Å². The maximum Gasteiger partial charge on any atom is 0 e. The van der Waals surface area contributed by atoms with Gasteiger partial charge in [-0.25, -0.2) is 24.3 Å². The molecule has 0 nitrogen and oxygen atoms in total. The fourth-order valence-electron chi connectivity index (χ4n) is 0.962. The molecule has 0 aromatic heterocycles. The molecule has 3 heteroatoms. The standard InChI is InChI=1S/3C5H5.C2H5.3Ni/c3*1-2-4-5-3-1;1-2;;;/h3*1-5H;1H2,2H3;;;/q-5;3*-1;;;. The van der Waals surface area contributed by atoms with E-state index in [-0.39, 0.29) is 49.5 Å². The molecule has 0 aliphatic heterocycles. The van der Waals surface area contributed by atoms with E-state index in [1.807, 2.05) is 91.0 Å². The summed E-state index contributed by atoms with van der Waals surface area (Å²) in [5.41, 5.74) is 0. The molecule has 3 aromatic rings. The average molecular weight is 400 g/mol. The molecule has 0 atom stereocenters. The molecular weight excluding hydrogens is 380 g/mol. The van der Waals surface area contributed by atoms with Gasteiger partial charge in [0.05, 0.1) is 0 Å². The van der Waals surface area contributed by atoms with Gasteiger partial charge in [-0.1, -0.05) is 0 Å². The summed E-state index contributed by atoms with van der Waals surface area (Å²) in [5.74, 6) is 0. The third kappa shape index (κ3) is 22.7. The van der Waals surface area contributed by atoms with Gasteiger partial charge in [0.25, 0.3) is 0 Å². The molecule has 0 radical (unpaired) electrons. The van der Waals surface area contributed by atoms with Crippen LogP contribution in [0.15, 0.2) is 91.0 Å². The van der Waals surface area contributed by atoms with Gasteiger partial charge in [0.15, 0.2) is 0 Å². The van der Waals surface area contributed by atoms with Crippen LogP contribution in [-0.4, -0.2) is 0 Å². The Hall–Kier alpha value is -0.469. The molecule has 0 heterocycles. The van der Waals surface area contributed by atoms with Gasteiger partial charge in [-0.15, -0.1) is 0 Å². The van der Waals surface area contributed by atoms with E-state index in [2.05, 4.69) is 6.92 Å². The molecule has 0 unspecified atom stereocenters. The molecule has 0 aliphatic carbocycles. The fraction of sp³-hybridized carbons (Fsp3) is 0.0588. The molecule has 0 fully saturated rings. The van der Waals surface area contributed by atoms with E-state index >= 15 is 0 Å². The van der Waals surface area contributed by atoms with E-state index in [0.717, 1.165) is 0 Å². The summed E-state index contributed by atoms with van der Waals surface area (Å²) < 4.78 is 0. The van der Waals surface area contributed by atoms with Crippen LogP contribution in [-0.2, 0) is 49.5 Å². The average Bonchev–Trinajstić information content (AvgIpc) is 3.16. The van der Waals surface area contributed by atoms with Gasteiger partial charge in [-0.05, 0) is 0 Å². The Morgan fingerprint density at radius 2 is 0.700 bits per heavy atom. The van der Waals surface area contributed by atoms with Crippen LogP contribution in [0.25, 0.3) is 0 Å². The molecular formula is C17H20Ni3-8. The van der Waals surface area contributed by atoms with Gasteiger partial charge in [0.2, 0.25) is 0 Å². The predicted molar refractivity (Wildman–Crippen MR) is 77.1 cm³/mol. The Morgan fingerprint density at radius 3 is 0.800 bits per heavy atom. The zero-order chi connectivity index (χ0) is 12.6. The quantitative estimate of drug-likeness (QED) is 0.366. The molecule has 0 spiro atoms. The Kier molecular flexibility index (Phi) is 37.5. The SMILES string of the molecule is [CH2-]C.[Ni].[Ni].[Ni].[cH-]1[cH-][cH-][cH-][cH-]1.c1cc[cH-]c1.c1cc[cH-]c1. The van der Waals surface area contributed by atoms with E-state index in [1.54, 1.807) is 6.92 Å². The zero-order valence-corrected chi connectivity index (χ0v) is 14.3. The molecule has 20 heavy (non-hydrogen) atoms. The van der Waals surface area contributed by atoms with Crippen molar-refractivity contribution < 1.29 is 49.5 Å². The number of hydrogen-bond acceptors (Lipinski definition) is 0. The first-order chi connectivity index (χ1) is 8.50. The first-order valence-electron chi connectivity index (χ1n) is 5.71. The molecule has 0 saturated heterocycles. The second-order valence-electron chi connectivity index (χ2n) is 2.89. The normalized spacial score (nSPS) is 6.30. The maximum absolute atomic E-state index is 3.25. The molecule has 0 bridgehead atoms. The fourth-order valence-corrected chi connectivity index (χ4v) is 0.962. The third-order valence-electron chi connectivity index (χ3n) is 1.67. The summed E-state index contributed by atoms with van der Waals surface area (Å²) in [7, 11) is 0. The van der Waals surface area contributed by atoms with Gasteiger partial charge in [-0.3, -0.25) is 0 Å². The van der Waals surface area contributed by atoms with Crippen molar-refractivity contribution in [2.75, 3.05) is 0 Å². The van der Waals surface area contributed by atoms with Crippen LogP contribution in [0.4, 0.5) is 0 Å². The molecule has 3 rings (SSSR count). The molecule has 0 aliphatic rings. The van der Waals surface area contributed by atoms with Crippen LogP contribution in [0, 0.1) is 6.92 Å². The van der Waals surface area contributed by atoms with Crippen LogP contribution in [0.2, 0.25) is 0 Å². The van der Waals surface area contributed by atoms with Crippen molar-refractivity contribution in [2.24, 2.45) is 0 Å². The Balaban J connectivity index is -0.0000000844. The molecule has 126 valence electrons. The van der Waals surface area contributed by atoms with E-state index in [4.69, 9.17) is 0 Å². The molecule has 3 aromatic carbocycles. The third-order valence-corrected chi connectivity index (χ3v) is 1.67. The van der Waals surface area contributed by atoms with Crippen molar-refractivity contribution in [3.63, 3.8) is 0 Å². The minimum absolute atomic E-state index is 0.